The van der Waals surface area contributed by atoms with Crippen molar-refractivity contribution >= 4 is 11.7 Å². The molecule has 1 saturated heterocycles. The Bertz CT molecular complexity index is 781. The number of carbonyl (C=O) groups is 1. The summed E-state index contributed by atoms with van der Waals surface area (Å²) < 4.78 is 10.9. The normalized spacial score (nSPS) is 19.7. The van der Waals surface area contributed by atoms with Crippen molar-refractivity contribution in [1.82, 2.24) is 15.3 Å². The summed E-state index contributed by atoms with van der Waals surface area (Å²) in [6.07, 6.45) is 2.43. The number of methoxy groups -OCH3 is 1. The zero-order chi connectivity index (χ0) is 18.5. The minimum absolute atomic E-state index is 0.0709. The van der Waals surface area contributed by atoms with Crippen LogP contribution in [0.3, 0.4) is 0 Å². The van der Waals surface area contributed by atoms with Gasteiger partial charge in [0.1, 0.15) is 17.4 Å². The number of amides is 1. The summed E-state index contributed by atoms with van der Waals surface area (Å²) in [5.74, 6) is 1.83. The third-order valence-electron chi connectivity index (χ3n) is 4.38. The van der Waals surface area contributed by atoms with Crippen molar-refractivity contribution in [3.63, 3.8) is 0 Å². The molecule has 3 rings (SSSR count). The van der Waals surface area contributed by atoms with Gasteiger partial charge in [0, 0.05) is 12.8 Å². The largest absolute Gasteiger partial charge is 0.496 e. The van der Waals surface area contributed by atoms with Gasteiger partial charge < -0.3 is 20.1 Å². The summed E-state index contributed by atoms with van der Waals surface area (Å²) in [6, 6.07) is 7.22. The van der Waals surface area contributed by atoms with Crippen LogP contribution in [0.4, 0.5) is 5.82 Å². The number of hydrogen-bond acceptors (Lipinski definition) is 6. The Balaban J connectivity index is 1.73. The summed E-state index contributed by atoms with van der Waals surface area (Å²) in [7, 11) is 1.57. The van der Waals surface area contributed by atoms with Crippen LogP contribution in [0.2, 0.25) is 0 Å². The van der Waals surface area contributed by atoms with Gasteiger partial charge in [-0.3, -0.25) is 4.79 Å². The Morgan fingerprint density at radius 3 is 2.88 bits per heavy atom. The van der Waals surface area contributed by atoms with Crippen LogP contribution in [0.15, 0.2) is 30.5 Å². The summed E-state index contributed by atoms with van der Waals surface area (Å²) >= 11 is 0. The standard InChI is InChI=1S/C19H24N4O3/c1-12-4-5-14(17(10-12)25-3)19(24)23-15-7-9-26-11-16(15)22-18-6-8-20-13(2)21-18/h4-6,8,10,15-16H,7,9,11H2,1-3H3,(H,23,24)(H,20,21,22)/t15-,16+/m0/s1. The molecule has 1 aromatic heterocycles. The molecule has 1 aromatic carbocycles. The Kier molecular flexibility index (Phi) is 5.68. The Hall–Kier alpha value is -2.67. The van der Waals surface area contributed by atoms with Crippen molar-refractivity contribution < 1.29 is 14.3 Å². The molecule has 0 bridgehead atoms. The molecule has 0 aliphatic carbocycles. The first kappa shape index (κ1) is 18.1. The lowest BCUT2D eigenvalue weighted by atomic mass is 10.0. The number of rotatable bonds is 5. The van der Waals surface area contributed by atoms with E-state index in [0.717, 1.165) is 17.8 Å². The van der Waals surface area contributed by atoms with Crippen LogP contribution >= 0.6 is 0 Å². The molecule has 0 saturated carbocycles. The first-order chi connectivity index (χ1) is 12.6. The number of nitrogens with one attached hydrogen (secondary N) is 2. The second-order valence-electron chi connectivity index (χ2n) is 6.39. The van der Waals surface area contributed by atoms with Gasteiger partial charge in [0.05, 0.1) is 31.4 Å². The van der Waals surface area contributed by atoms with Gasteiger partial charge >= 0.3 is 0 Å². The second kappa shape index (κ2) is 8.14. The van der Waals surface area contributed by atoms with Crippen molar-refractivity contribution in [2.75, 3.05) is 25.6 Å². The molecular formula is C19H24N4O3. The SMILES string of the molecule is COc1cc(C)ccc1C(=O)N[C@H]1CCOC[C@H]1Nc1ccnc(C)n1. The van der Waals surface area contributed by atoms with E-state index in [9.17, 15) is 4.79 Å². The number of nitrogens with zero attached hydrogens (tertiary/aromatic N) is 2. The van der Waals surface area contributed by atoms with Crippen LogP contribution < -0.4 is 15.4 Å². The number of ether oxygens (including phenoxy) is 2. The molecule has 138 valence electrons. The van der Waals surface area contributed by atoms with E-state index in [1.807, 2.05) is 32.0 Å². The quantitative estimate of drug-likeness (QED) is 0.853. The van der Waals surface area contributed by atoms with Gasteiger partial charge in [0.25, 0.3) is 5.91 Å². The van der Waals surface area contributed by atoms with Gasteiger partial charge in [-0.25, -0.2) is 9.97 Å². The van der Waals surface area contributed by atoms with Crippen molar-refractivity contribution in [1.29, 1.82) is 0 Å². The molecule has 1 fully saturated rings. The Labute approximate surface area is 153 Å². The average Bonchev–Trinajstić information content (AvgIpc) is 2.63. The zero-order valence-corrected chi connectivity index (χ0v) is 15.3. The smallest absolute Gasteiger partial charge is 0.255 e. The van der Waals surface area contributed by atoms with Gasteiger partial charge in [-0.15, -0.1) is 0 Å². The lowest BCUT2D eigenvalue weighted by Crippen LogP contribution is -2.52. The molecule has 26 heavy (non-hydrogen) atoms. The minimum atomic E-state index is -0.153. The highest BCUT2D eigenvalue weighted by atomic mass is 16.5. The van der Waals surface area contributed by atoms with Gasteiger partial charge in [-0.2, -0.15) is 0 Å². The first-order valence-electron chi connectivity index (χ1n) is 8.66. The van der Waals surface area contributed by atoms with Crippen molar-refractivity contribution in [3.8, 4) is 5.75 Å². The number of benzene rings is 1. The summed E-state index contributed by atoms with van der Waals surface area (Å²) in [6.45, 7) is 4.91. The lowest BCUT2D eigenvalue weighted by molar-refractivity contribution is 0.0619. The minimum Gasteiger partial charge on any atom is -0.496 e. The molecule has 7 heteroatoms. The first-order valence-corrected chi connectivity index (χ1v) is 8.66. The molecule has 1 aliphatic heterocycles. The molecule has 1 amide bonds. The lowest BCUT2D eigenvalue weighted by Gasteiger charge is -2.33. The molecule has 2 atom stereocenters. The van der Waals surface area contributed by atoms with Crippen molar-refractivity contribution in [3.05, 3.63) is 47.4 Å². The second-order valence-corrected chi connectivity index (χ2v) is 6.39. The van der Waals surface area contributed by atoms with Crippen LogP contribution in [0.5, 0.6) is 5.75 Å². The molecule has 0 radical (unpaired) electrons. The van der Waals surface area contributed by atoms with Crippen LogP contribution in [-0.2, 0) is 4.74 Å². The predicted octanol–water partition coefficient (Wildman–Crippen LogP) is 2.10. The molecule has 2 aromatic rings. The van der Waals surface area contributed by atoms with Gasteiger partial charge in [-0.05, 0) is 44.0 Å². The number of aryl methyl sites for hydroxylation is 2. The van der Waals surface area contributed by atoms with Gasteiger partial charge in [-0.1, -0.05) is 6.07 Å². The zero-order valence-electron chi connectivity index (χ0n) is 15.3. The van der Waals surface area contributed by atoms with E-state index >= 15 is 0 Å². The maximum absolute atomic E-state index is 12.8. The molecule has 0 unspecified atom stereocenters. The molecule has 2 heterocycles. The number of aromatic nitrogens is 2. The molecule has 0 spiro atoms. The Morgan fingerprint density at radius 2 is 2.12 bits per heavy atom. The molecule has 7 nitrogen and oxygen atoms in total. The molecular weight excluding hydrogens is 332 g/mol. The fraction of sp³-hybridized carbons (Fsp3) is 0.421. The fourth-order valence-corrected chi connectivity index (χ4v) is 3.01. The van der Waals surface area contributed by atoms with E-state index in [-0.39, 0.29) is 18.0 Å². The van der Waals surface area contributed by atoms with Crippen LogP contribution in [0.25, 0.3) is 0 Å². The highest BCUT2D eigenvalue weighted by Gasteiger charge is 2.28. The number of hydrogen-bond donors (Lipinski definition) is 2. The van der Waals surface area contributed by atoms with E-state index in [0.29, 0.717) is 30.4 Å². The fourth-order valence-electron chi connectivity index (χ4n) is 3.01. The van der Waals surface area contributed by atoms with Gasteiger partial charge in [0.15, 0.2) is 0 Å². The van der Waals surface area contributed by atoms with E-state index in [1.54, 1.807) is 19.4 Å². The van der Waals surface area contributed by atoms with Gasteiger partial charge in [0.2, 0.25) is 0 Å². The van der Waals surface area contributed by atoms with E-state index < -0.39 is 0 Å². The monoisotopic (exact) mass is 356 g/mol. The van der Waals surface area contributed by atoms with Crippen molar-refractivity contribution in [2.45, 2.75) is 32.4 Å². The highest BCUT2D eigenvalue weighted by molar-refractivity contribution is 5.97. The predicted molar refractivity (Wildman–Crippen MR) is 98.6 cm³/mol. The van der Waals surface area contributed by atoms with Crippen molar-refractivity contribution in [2.24, 2.45) is 0 Å². The average molecular weight is 356 g/mol. The Morgan fingerprint density at radius 1 is 1.27 bits per heavy atom. The molecule has 2 N–H and O–H groups in total. The van der Waals surface area contributed by atoms with Crippen LogP contribution in [-0.4, -0.2) is 48.3 Å². The topological polar surface area (TPSA) is 85.4 Å². The summed E-state index contributed by atoms with van der Waals surface area (Å²) in [4.78, 5) is 21.2. The van der Waals surface area contributed by atoms with E-state index in [4.69, 9.17) is 9.47 Å². The summed E-state index contributed by atoms with van der Waals surface area (Å²) in [5, 5.41) is 6.45. The van der Waals surface area contributed by atoms with E-state index in [2.05, 4.69) is 20.6 Å². The van der Waals surface area contributed by atoms with E-state index in [1.165, 1.54) is 0 Å². The van der Waals surface area contributed by atoms with Crippen LogP contribution in [0.1, 0.15) is 28.2 Å². The maximum Gasteiger partial charge on any atom is 0.255 e. The molecule has 1 aliphatic rings. The maximum atomic E-state index is 12.8. The number of anilines is 1. The number of carbonyl (C=O) groups excluding carboxylic acids is 1. The summed E-state index contributed by atoms with van der Waals surface area (Å²) in [5.41, 5.74) is 1.57. The highest BCUT2D eigenvalue weighted by Crippen LogP contribution is 2.21. The third-order valence-corrected chi connectivity index (χ3v) is 4.38. The third kappa shape index (κ3) is 4.29. The van der Waals surface area contributed by atoms with Crippen LogP contribution in [0, 0.1) is 13.8 Å².